The summed E-state index contributed by atoms with van der Waals surface area (Å²) < 4.78 is 12.6. The molecule has 1 atom stereocenters. The average molecular weight is 244 g/mol. The third-order valence-electron chi connectivity index (χ3n) is 2.24. The summed E-state index contributed by atoms with van der Waals surface area (Å²) in [4.78, 5) is 11.5. The highest BCUT2D eigenvalue weighted by atomic mass is 35.5. The zero-order valence-corrected chi connectivity index (χ0v) is 9.93. The van der Waals surface area contributed by atoms with Gasteiger partial charge in [0.1, 0.15) is 5.82 Å². The van der Waals surface area contributed by atoms with Crippen molar-refractivity contribution in [2.75, 3.05) is 6.54 Å². The Kier molecular flexibility index (Phi) is 5.26. The van der Waals surface area contributed by atoms with Crippen LogP contribution in [0.5, 0.6) is 0 Å². The molecule has 4 heteroatoms. The van der Waals surface area contributed by atoms with Crippen LogP contribution in [0.2, 0.25) is 0 Å². The van der Waals surface area contributed by atoms with Gasteiger partial charge in [0.15, 0.2) is 0 Å². The molecule has 0 spiro atoms. The molecule has 1 rings (SSSR count). The van der Waals surface area contributed by atoms with Crippen molar-refractivity contribution in [2.45, 2.75) is 25.1 Å². The number of hydrogen-bond donors (Lipinski definition) is 1. The lowest BCUT2D eigenvalue weighted by atomic mass is 10.1. The first-order chi connectivity index (χ1) is 7.61. The first kappa shape index (κ1) is 13.0. The smallest absolute Gasteiger partial charge is 0.224 e. The Labute approximate surface area is 99.8 Å². The summed E-state index contributed by atoms with van der Waals surface area (Å²) in [5, 5.41) is 2.70. The molecule has 0 aliphatic heterocycles. The normalized spacial score (nSPS) is 12.2. The fourth-order valence-corrected chi connectivity index (χ4v) is 1.30. The molecule has 1 aromatic carbocycles. The third kappa shape index (κ3) is 4.62. The van der Waals surface area contributed by atoms with Gasteiger partial charge in [0.25, 0.3) is 0 Å². The number of benzene rings is 1. The Hall–Kier alpha value is -1.09. The van der Waals surface area contributed by atoms with Crippen molar-refractivity contribution in [3.8, 4) is 0 Å². The minimum absolute atomic E-state index is 0.0304. The number of carbonyl (C=O) groups excluding carboxylic acids is 1. The standard InChI is InChI=1S/C12H15ClFNO/c1-2-10(13)8-15-12(16)7-9-3-5-11(14)6-4-9/h3-6,10H,2,7-8H2,1H3,(H,15,16). The Balaban J connectivity index is 2.37. The van der Waals surface area contributed by atoms with Crippen LogP contribution in [-0.2, 0) is 11.2 Å². The van der Waals surface area contributed by atoms with Gasteiger partial charge in [-0.3, -0.25) is 4.79 Å². The first-order valence-electron chi connectivity index (χ1n) is 5.27. The highest BCUT2D eigenvalue weighted by molar-refractivity contribution is 6.20. The summed E-state index contributed by atoms with van der Waals surface area (Å²) in [6, 6.07) is 5.90. The van der Waals surface area contributed by atoms with Gasteiger partial charge in [-0.25, -0.2) is 4.39 Å². The molecule has 0 bridgehead atoms. The van der Waals surface area contributed by atoms with Crippen LogP contribution >= 0.6 is 11.6 Å². The summed E-state index contributed by atoms with van der Waals surface area (Å²) in [6.07, 6.45) is 1.08. The van der Waals surface area contributed by atoms with Crippen LogP contribution in [0.25, 0.3) is 0 Å². The summed E-state index contributed by atoms with van der Waals surface area (Å²) in [5.74, 6) is -0.387. The highest BCUT2D eigenvalue weighted by Crippen LogP contribution is 2.04. The second-order valence-electron chi connectivity index (χ2n) is 3.61. The van der Waals surface area contributed by atoms with E-state index >= 15 is 0 Å². The maximum atomic E-state index is 12.6. The van der Waals surface area contributed by atoms with Crippen molar-refractivity contribution in [1.29, 1.82) is 0 Å². The topological polar surface area (TPSA) is 29.1 Å². The van der Waals surface area contributed by atoms with E-state index in [0.29, 0.717) is 6.54 Å². The summed E-state index contributed by atoms with van der Waals surface area (Å²) in [5.41, 5.74) is 0.793. The van der Waals surface area contributed by atoms with E-state index in [1.54, 1.807) is 12.1 Å². The van der Waals surface area contributed by atoms with Gasteiger partial charge in [-0.1, -0.05) is 19.1 Å². The predicted molar refractivity (Wildman–Crippen MR) is 63.0 cm³/mol. The van der Waals surface area contributed by atoms with E-state index in [9.17, 15) is 9.18 Å². The molecule has 0 aliphatic carbocycles. The minimum Gasteiger partial charge on any atom is -0.354 e. The number of alkyl halides is 1. The van der Waals surface area contributed by atoms with Crippen LogP contribution in [0.4, 0.5) is 4.39 Å². The largest absolute Gasteiger partial charge is 0.354 e. The molecule has 0 fully saturated rings. The van der Waals surface area contributed by atoms with E-state index in [1.807, 2.05) is 6.92 Å². The van der Waals surface area contributed by atoms with Crippen molar-refractivity contribution in [3.05, 3.63) is 35.6 Å². The third-order valence-corrected chi connectivity index (χ3v) is 2.70. The molecule has 0 heterocycles. The fourth-order valence-electron chi connectivity index (χ4n) is 1.22. The van der Waals surface area contributed by atoms with Gasteiger partial charge in [0.2, 0.25) is 5.91 Å². The molecule has 0 saturated carbocycles. The predicted octanol–water partition coefficient (Wildman–Crippen LogP) is 2.50. The van der Waals surface area contributed by atoms with Crippen molar-refractivity contribution in [2.24, 2.45) is 0 Å². The fraction of sp³-hybridized carbons (Fsp3) is 0.417. The number of amides is 1. The van der Waals surface area contributed by atoms with Gasteiger partial charge in [0, 0.05) is 6.54 Å². The molecule has 1 aromatic rings. The van der Waals surface area contributed by atoms with E-state index in [-0.39, 0.29) is 23.5 Å². The van der Waals surface area contributed by atoms with Gasteiger partial charge in [-0.15, -0.1) is 11.6 Å². The number of hydrogen-bond acceptors (Lipinski definition) is 1. The summed E-state index contributed by atoms with van der Waals surface area (Å²) in [7, 11) is 0. The van der Waals surface area contributed by atoms with Gasteiger partial charge in [0.05, 0.1) is 11.8 Å². The zero-order chi connectivity index (χ0) is 12.0. The molecule has 0 saturated heterocycles. The van der Waals surface area contributed by atoms with Crippen LogP contribution < -0.4 is 5.32 Å². The van der Waals surface area contributed by atoms with E-state index in [2.05, 4.69) is 5.32 Å². The molecule has 88 valence electrons. The van der Waals surface area contributed by atoms with Gasteiger partial charge >= 0.3 is 0 Å². The van der Waals surface area contributed by atoms with Crippen LogP contribution in [-0.4, -0.2) is 17.8 Å². The second-order valence-corrected chi connectivity index (χ2v) is 4.23. The molecule has 0 radical (unpaired) electrons. The summed E-state index contributed by atoms with van der Waals surface area (Å²) in [6.45, 7) is 2.43. The van der Waals surface area contributed by atoms with E-state index < -0.39 is 0 Å². The molecule has 2 nitrogen and oxygen atoms in total. The van der Waals surface area contributed by atoms with Crippen molar-refractivity contribution in [3.63, 3.8) is 0 Å². The Bertz CT molecular complexity index is 339. The SMILES string of the molecule is CCC(Cl)CNC(=O)Cc1ccc(F)cc1. The minimum atomic E-state index is -0.295. The average Bonchev–Trinajstić information content (AvgIpc) is 2.29. The molecule has 1 N–H and O–H groups in total. The Morgan fingerprint density at radius 3 is 2.62 bits per heavy atom. The molecule has 16 heavy (non-hydrogen) atoms. The van der Waals surface area contributed by atoms with Crippen molar-refractivity contribution in [1.82, 2.24) is 5.32 Å². The van der Waals surface area contributed by atoms with Crippen LogP contribution in [0.3, 0.4) is 0 Å². The Morgan fingerprint density at radius 2 is 2.06 bits per heavy atom. The monoisotopic (exact) mass is 243 g/mol. The number of rotatable bonds is 5. The highest BCUT2D eigenvalue weighted by Gasteiger charge is 2.06. The lowest BCUT2D eigenvalue weighted by Crippen LogP contribution is -2.30. The van der Waals surface area contributed by atoms with Crippen molar-refractivity contribution < 1.29 is 9.18 Å². The molecule has 1 unspecified atom stereocenters. The summed E-state index contributed by atoms with van der Waals surface area (Å²) >= 11 is 5.87. The van der Waals surface area contributed by atoms with E-state index in [0.717, 1.165) is 12.0 Å². The van der Waals surface area contributed by atoms with Crippen LogP contribution in [0.15, 0.2) is 24.3 Å². The van der Waals surface area contributed by atoms with Crippen LogP contribution in [0, 0.1) is 5.82 Å². The van der Waals surface area contributed by atoms with Gasteiger partial charge in [-0.05, 0) is 24.1 Å². The molecule has 0 aliphatic rings. The second kappa shape index (κ2) is 6.48. The quantitative estimate of drug-likeness (QED) is 0.791. The number of halogens is 2. The number of carbonyl (C=O) groups is 1. The van der Waals surface area contributed by atoms with Crippen LogP contribution in [0.1, 0.15) is 18.9 Å². The molecular weight excluding hydrogens is 229 g/mol. The molecule has 1 amide bonds. The lowest BCUT2D eigenvalue weighted by molar-refractivity contribution is -0.120. The molecular formula is C12H15ClFNO. The molecule has 0 aromatic heterocycles. The number of nitrogens with one attached hydrogen (secondary N) is 1. The zero-order valence-electron chi connectivity index (χ0n) is 9.17. The van der Waals surface area contributed by atoms with Gasteiger partial charge < -0.3 is 5.32 Å². The van der Waals surface area contributed by atoms with Crippen molar-refractivity contribution >= 4 is 17.5 Å². The van der Waals surface area contributed by atoms with E-state index in [1.165, 1.54) is 12.1 Å². The van der Waals surface area contributed by atoms with E-state index in [4.69, 9.17) is 11.6 Å². The lowest BCUT2D eigenvalue weighted by Gasteiger charge is -2.08. The maximum absolute atomic E-state index is 12.6. The first-order valence-corrected chi connectivity index (χ1v) is 5.70. The maximum Gasteiger partial charge on any atom is 0.224 e. The van der Waals surface area contributed by atoms with Gasteiger partial charge in [-0.2, -0.15) is 0 Å². The Morgan fingerprint density at radius 1 is 1.44 bits per heavy atom.